The summed E-state index contributed by atoms with van der Waals surface area (Å²) < 4.78 is 0. The highest BCUT2D eigenvalue weighted by molar-refractivity contribution is 5.95. The van der Waals surface area contributed by atoms with Gasteiger partial charge in [0.05, 0.1) is 0 Å². The van der Waals surface area contributed by atoms with E-state index in [1.54, 1.807) is 0 Å². The van der Waals surface area contributed by atoms with Crippen molar-refractivity contribution in [2.75, 3.05) is 0 Å². The van der Waals surface area contributed by atoms with Gasteiger partial charge in [-0.3, -0.25) is 9.59 Å². The first kappa shape index (κ1) is 23.6. The number of carbonyl (C=O) groups is 2. The molecule has 4 saturated carbocycles. The quantitative estimate of drug-likeness (QED) is 0.328. The minimum absolute atomic E-state index is 0.0964. The molecule has 2 heteroatoms. The molecule has 0 radical (unpaired) electrons. The van der Waals surface area contributed by atoms with Gasteiger partial charge in [-0.25, -0.2) is 0 Å². The summed E-state index contributed by atoms with van der Waals surface area (Å²) >= 11 is 0. The fraction of sp³-hybridized carbons (Fsp3) is 0.806. The van der Waals surface area contributed by atoms with E-state index in [-0.39, 0.29) is 16.2 Å². The van der Waals surface area contributed by atoms with Crippen molar-refractivity contribution in [3.05, 3.63) is 24.3 Å². The molecule has 4 fully saturated rings. The first-order chi connectivity index (χ1) is 15.4. The van der Waals surface area contributed by atoms with Crippen molar-refractivity contribution in [3.63, 3.8) is 0 Å². The number of hydrogen-bond acceptors (Lipinski definition) is 2. The lowest BCUT2D eigenvalue weighted by Gasteiger charge is -2.71. The van der Waals surface area contributed by atoms with Gasteiger partial charge in [0.25, 0.3) is 0 Å². The Bertz CT molecular complexity index is 912. The molecule has 0 amide bonds. The predicted molar refractivity (Wildman–Crippen MR) is 135 cm³/mol. The molecule has 0 heterocycles. The standard InChI is InChI=1S/C31H46O2/c1-8-31-16-11-21(20(2)19-32)26(31)22-9-10-24-28(5)14-13-25(33)27(3,4)23(28)12-15-30(24,7)29(22,6)17-18-31/h13-14,19,21-24,26H,2,8-12,15-18H2,1,3-7H3/t21-,22+,23-,24+,26+,28-,29+,30+,31+/m0/s1. The van der Waals surface area contributed by atoms with Crippen LogP contribution in [0.1, 0.15) is 99.3 Å². The summed E-state index contributed by atoms with van der Waals surface area (Å²) in [5, 5.41) is 0. The number of ketones is 1. The lowest BCUT2D eigenvalue weighted by Crippen LogP contribution is -2.65. The average Bonchev–Trinajstić information content (AvgIpc) is 3.17. The van der Waals surface area contributed by atoms with Gasteiger partial charge in [-0.2, -0.15) is 0 Å². The van der Waals surface area contributed by atoms with E-state index in [1.165, 1.54) is 44.9 Å². The number of allylic oxidation sites excluding steroid dienone is 3. The molecule has 0 saturated heterocycles. The lowest BCUT2D eigenvalue weighted by atomic mass is 9.33. The maximum atomic E-state index is 12.8. The van der Waals surface area contributed by atoms with Gasteiger partial charge in [0.1, 0.15) is 6.29 Å². The Labute approximate surface area is 202 Å². The first-order valence-corrected chi connectivity index (χ1v) is 13.8. The van der Waals surface area contributed by atoms with E-state index in [0.29, 0.717) is 46.2 Å². The Balaban J connectivity index is 1.58. The van der Waals surface area contributed by atoms with Crippen LogP contribution in [0.25, 0.3) is 0 Å². The number of rotatable bonds is 3. The fourth-order valence-electron chi connectivity index (χ4n) is 11.1. The Hall–Kier alpha value is -1.18. The molecule has 0 aromatic rings. The second-order valence-corrected chi connectivity index (χ2v) is 14.0. The number of fused-ring (bicyclic) bond motifs is 7. The third kappa shape index (κ3) is 2.73. The molecule has 33 heavy (non-hydrogen) atoms. The summed E-state index contributed by atoms with van der Waals surface area (Å²) in [7, 11) is 0. The van der Waals surface area contributed by atoms with Crippen LogP contribution in [-0.4, -0.2) is 12.1 Å². The first-order valence-electron chi connectivity index (χ1n) is 13.8. The summed E-state index contributed by atoms with van der Waals surface area (Å²) in [5.41, 5.74) is 1.67. The Morgan fingerprint density at radius 1 is 0.970 bits per heavy atom. The molecule has 0 aromatic carbocycles. The molecule has 0 spiro atoms. The maximum absolute atomic E-state index is 12.8. The summed E-state index contributed by atoms with van der Waals surface area (Å²) in [4.78, 5) is 24.7. The Kier molecular flexibility index (Phi) is 5.12. The van der Waals surface area contributed by atoms with E-state index in [1.807, 2.05) is 6.08 Å². The Morgan fingerprint density at radius 2 is 1.70 bits per heavy atom. The monoisotopic (exact) mass is 450 g/mol. The van der Waals surface area contributed by atoms with Crippen LogP contribution in [0.3, 0.4) is 0 Å². The highest BCUT2D eigenvalue weighted by Gasteiger charge is 2.70. The molecule has 5 aliphatic carbocycles. The minimum Gasteiger partial charge on any atom is -0.298 e. The lowest BCUT2D eigenvalue weighted by molar-refractivity contribution is -0.218. The largest absolute Gasteiger partial charge is 0.298 e. The molecule has 2 nitrogen and oxygen atoms in total. The van der Waals surface area contributed by atoms with E-state index in [9.17, 15) is 9.59 Å². The zero-order valence-corrected chi connectivity index (χ0v) is 22.0. The van der Waals surface area contributed by atoms with Crippen LogP contribution in [0.15, 0.2) is 24.3 Å². The molecule has 182 valence electrons. The molecule has 0 bridgehead atoms. The molecule has 0 aliphatic heterocycles. The van der Waals surface area contributed by atoms with Crippen molar-refractivity contribution >= 4 is 12.1 Å². The van der Waals surface area contributed by atoms with E-state index in [0.717, 1.165) is 24.7 Å². The van der Waals surface area contributed by atoms with Crippen LogP contribution in [0.5, 0.6) is 0 Å². The normalized spacial score (nSPS) is 52.3. The molecule has 0 N–H and O–H groups in total. The molecular formula is C31H46O2. The zero-order chi connectivity index (χ0) is 24.0. The van der Waals surface area contributed by atoms with Crippen molar-refractivity contribution < 1.29 is 9.59 Å². The van der Waals surface area contributed by atoms with Crippen molar-refractivity contribution in [1.82, 2.24) is 0 Å². The van der Waals surface area contributed by atoms with Gasteiger partial charge >= 0.3 is 0 Å². The molecule has 9 atom stereocenters. The van der Waals surface area contributed by atoms with E-state index in [2.05, 4.69) is 54.2 Å². The predicted octanol–water partition coefficient (Wildman–Crippen LogP) is 7.58. The summed E-state index contributed by atoms with van der Waals surface area (Å²) in [6.07, 6.45) is 16.6. The number of carbonyl (C=O) groups excluding carboxylic acids is 2. The van der Waals surface area contributed by atoms with Crippen LogP contribution in [0, 0.1) is 56.7 Å². The number of hydrogen-bond donors (Lipinski definition) is 0. The molecule has 0 unspecified atom stereocenters. The van der Waals surface area contributed by atoms with Crippen molar-refractivity contribution in [3.8, 4) is 0 Å². The van der Waals surface area contributed by atoms with Gasteiger partial charge in [0.2, 0.25) is 0 Å². The second-order valence-electron chi connectivity index (χ2n) is 14.0. The molecule has 0 aromatic heterocycles. The molecule has 5 rings (SSSR count). The summed E-state index contributed by atoms with van der Waals surface area (Å²) in [6.45, 7) is 18.8. The second kappa shape index (κ2) is 7.17. The van der Waals surface area contributed by atoms with Crippen LogP contribution >= 0.6 is 0 Å². The van der Waals surface area contributed by atoms with Crippen LogP contribution < -0.4 is 0 Å². The van der Waals surface area contributed by atoms with E-state index >= 15 is 0 Å². The van der Waals surface area contributed by atoms with E-state index in [4.69, 9.17) is 0 Å². The van der Waals surface area contributed by atoms with Gasteiger partial charge in [-0.15, -0.1) is 0 Å². The molecule has 5 aliphatic rings. The third-order valence-electron chi connectivity index (χ3n) is 13.2. The topological polar surface area (TPSA) is 34.1 Å². The maximum Gasteiger partial charge on any atom is 0.161 e. The van der Waals surface area contributed by atoms with E-state index < -0.39 is 0 Å². The third-order valence-corrected chi connectivity index (χ3v) is 13.2. The number of aldehydes is 1. The van der Waals surface area contributed by atoms with Gasteiger partial charge in [0.15, 0.2) is 5.78 Å². The van der Waals surface area contributed by atoms with Crippen molar-refractivity contribution in [2.24, 2.45) is 56.7 Å². The molecular weight excluding hydrogens is 404 g/mol. The summed E-state index contributed by atoms with van der Waals surface area (Å²) in [5.74, 6) is 3.05. The van der Waals surface area contributed by atoms with Crippen molar-refractivity contribution in [2.45, 2.75) is 99.3 Å². The van der Waals surface area contributed by atoms with Gasteiger partial charge in [-0.1, -0.05) is 60.6 Å². The SMILES string of the molecule is C=C(C=O)[C@@H]1CC[C@]2(CC)CC[C@]3(C)[C@H](CC[C@@H]4[C@@]5(C)C=CC(=O)C(C)(C)[C@@H]5CC[C@]43C)[C@@H]12. The minimum atomic E-state index is -0.259. The zero-order valence-electron chi connectivity index (χ0n) is 22.0. The Morgan fingerprint density at radius 3 is 2.36 bits per heavy atom. The van der Waals surface area contributed by atoms with Gasteiger partial charge in [0, 0.05) is 5.41 Å². The van der Waals surface area contributed by atoms with Gasteiger partial charge < -0.3 is 0 Å². The van der Waals surface area contributed by atoms with Gasteiger partial charge in [-0.05, 0) is 114 Å². The summed E-state index contributed by atoms with van der Waals surface area (Å²) in [6, 6.07) is 0. The van der Waals surface area contributed by atoms with Crippen LogP contribution in [0.4, 0.5) is 0 Å². The van der Waals surface area contributed by atoms with Crippen molar-refractivity contribution in [1.29, 1.82) is 0 Å². The van der Waals surface area contributed by atoms with Crippen LogP contribution in [0.2, 0.25) is 0 Å². The highest BCUT2D eigenvalue weighted by atomic mass is 16.1. The average molecular weight is 451 g/mol. The fourth-order valence-corrected chi connectivity index (χ4v) is 11.1. The van der Waals surface area contributed by atoms with Crippen LogP contribution in [-0.2, 0) is 9.59 Å². The smallest absolute Gasteiger partial charge is 0.161 e. The highest BCUT2D eigenvalue weighted by Crippen LogP contribution is 2.77.